The van der Waals surface area contributed by atoms with E-state index >= 15 is 0 Å². The van der Waals surface area contributed by atoms with Gasteiger partial charge in [0, 0.05) is 12.6 Å². The molecule has 2 aromatic carbocycles. The van der Waals surface area contributed by atoms with Gasteiger partial charge in [-0.2, -0.15) is 0 Å². The van der Waals surface area contributed by atoms with Crippen LogP contribution >= 0.6 is 24.0 Å². The van der Waals surface area contributed by atoms with Crippen LogP contribution in [0.5, 0.6) is 0 Å². The number of hydrogen-bond donors (Lipinski definition) is 2. The minimum absolute atomic E-state index is 0. The molecule has 1 atom stereocenters. The van der Waals surface area contributed by atoms with Crippen molar-refractivity contribution in [3.8, 4) is 0 Å². The molecule has 0 bridgehead atoms. The third-order valence-corrected chi connectivity index (χ3v) is 3.59. The highest BCUT2D eigenvalue weighted by atomic mass is 127. The number of nitro benzene ring substituents is 1. The second kappa shape index (κ2) is 10.7. The number of nitrogens with zero attached hydrogens (tertiary/aromatic N) is 2. The van der Waals surface area contributed by atoms with E-state index in [0.717, 1.165) is 5.56 Å². The smallest absolute Gasteiger partial charge is 0.274 e. The lowest BCUT2D eigenvalue weighted by Gasteiger charge is -2.18. The largest absolute Gasteiger partial charge is 0.357 e. The molecule has 2 N–H and O–H groups in total. The second-order valence-electron chi connectivity index (χ2n) is 5.36. The third-order valence-electron chi connectivity index (χ3n) is 3.59. The average molecular weight is 454 g/mol. The lowest BCUT2D eigenvalue weighted by molar-refractivity contribution is -0.385. The molecule has 25 heavy (non-hydrogen) atoms. The summed E-state index contributed by atoms with van der Waals surface area (Å²) in [5.41, 5.74) is 1.83. The maximum atomic E-state index is 11.1. The number of nitro groups is 1. The number of aliphatic imine (C=N–C) groups is 1. The van der Waals surface area contributed by atoms with E-state index < -0.39 is 0 Å². The maximum absolute atomic E-state index is 11.1. The zero-order valence-electron chi connectivity index (χ0n) is 14.3. The number of guanidine groups is 1. The van der Waals surface area contributed by atoms with E-state index in [0.29, 0.717) is 18.1 Å². The van der Waals surface area contributed by atoms with Crippen LogP contribution < -0.4 is 10.6 Å². The van der Waals surface area contributed by atoms with E-state index in [1.54, 1.807) is 18.2 Å². The van der Waals surface area contributed by atoms with Gasteiger partial charge in [0.2, 0.25) is 0 Å². The van der Waals surface area contributed by atoms with Gasteiger partial charge in [0.05, 0.1) is 23.1 Å². The molecule has 0 aliphatic carbocycles. The molecule has 0 amide bonds. The van der Waals surface area contributed by atoms with Crippen LogP contribution in [-0.2, 0) is 6.54 Å². The molecule has 1 unspecified atom stereocenters. The first-order valence-corrected chi connectivity index (χ1v) is 7.94. The van der Waals surface area contributed by atoms with Crippen LogP contribution in [0.1, 0.15) is 31.0 Å². The first-order chi connectivity index (χ1) is 11.6. The quantitative estimate of drug-likeness (QED) is 0.227. The van der Waals surface area contributed by atoms with Gasteiger partial charge in [0.15, 0.2) is 5.96 Å². The van der Waals surface area contributed by atoms with Crippen molar-refractivity contribution in [2.24, 2.45) is 4.99 Å². The molecule has 0 spiro atoms. The zero-order valence-corrected chi connectivity index (χ0v) is 16.6. The molecular weight excluding hydrogens is 431 g/mol. The summed E-state index contributed by atoms with van der Waals surface area (Å²) in [6.45, 7) is 4.99. The monoisotopic (exact) mass is 454 g/mol. The molecule has 2 aromatic rings. The summed E-state index contributed by atoms with van der Waals surface area (Å²) in [6.07, 6.45) is 0. The molecule has 0 aliphatic rings. The number of para-hydroxylation sites is 1. The Kier molecular flexibility index (Phi) is 8.90. The fourth-order valence-electron chi connectivity index (χ4n) is 2.34. The Hall–Kier alpha value is -2.16. The van der Waals surface area contributed by atoms with Crippen LogP contribution in [0, 0.1) is 10.1 Å². The van der Waals surface area contributed by atoms with Crippen molar-refractivity contribution >= 4 is 35.6 Å². The van der Waals surface area contributed by atoms with Crippen LogP contribution in [0.2, 0.25) is 0 Å². The molecule has 0 fully saturated rings. The Balaban J connectivity index is 0.00000312. The summed E-state index contributed by atoms with van der Waals surface area (Å²) >= 11 is 0. The van der Waals surface area contributed by atoms with Gasteiger partial charge in [0.25, 0.3) is 5.69 Å². The fourth-order valence-corrected chi connectivity index (χ4v) is 2.34. The number of rotatable bonds is 6. The van der Waals surface area contributed by atoms with Crippen molar-refractivity contribution in [1.82, 2.24) is 10.6 Å². The second-order valence-corrected chi connectivity index (χ2v) is 5.36. The topological polar surface area (TPSA) is 79.6 Å². The lowest BCUT2D eigenvalue weighted by Crippen LogP contribution is -2.38. The Morgan fingerprint density at radius 2 is 1.80 bits per heavy atom. The molecule has 0 heterocycles. The van der Waals surface area contributed by atoms with Crippen LogP contribution in [0.15, 0.2) is 59.6 Å². The average Bonchev–Trinajstić information content (AvgIpc) is 2.60. The normalized spacial score (nSPS) is 12.0. The number of benzene rings is 2. The summed E-state index contributed by atoms with van der Waals surface area (Å²) in [5.74, 6) is 0.631. The van der Waals surface area contributed by atoms with Gasteiger partial charge in [0.1, 0.15) is 0 Å². The van der Waals surface area contributed by atoms with Gasteiger partial charge in [-0.3, -0.25) is 10.1 Å². The minimum Gasteiger partial charge on any atom is -0.357 e. The third kappa shape index (κ3) is 6.33. The molecule has 134 valence electrons. The van der Waals surface area contributed by atoms with Crippen molar-refractivity contribution in [3.63, 3.8) is 0 Å². The molecule has 7 heteroatoms. The van der Waals surface area contributed by atoms with Gasteiger partial charge in [-0.05, 0) is 19.4 Å². The van der Waals surface area contributed by atoms with Crippen molar-refractivity contribution in [2.75, 3.05) is 6.54 Å². The predicted octanol–water partition coefficient (Wildman–Crippen LogP) is 4.03. The maximum Gasteiger partial charge on any atom is 0.274 e. The standard InChI is InChI=1S/C18H22N4O2.HI/c1-3-19-18(21-14(2)15-9-5-4-6-10-15)20-13-16-11-7-8-12-17(16)22(23)24;/h4-12,14H,3,13H2,1-2H3,(H2,19,20,21);1H. The van der Waals surface area contributed by atoms with E-state index in [2.05, 4.69) is 15.6 Å². The highest BCUT2D eigenvalue weighted by molar-refractivity contribution is 14.0. The first kappa shape index (κ1) is 20.9. The van der Waals surface area contributed by atoms with Gasteiger partial charge in [-0.1, -0.05) is 48.5 Å². The highest BCUT2D eigenvalue weighted by Gasteiger charge is 2.12. The molecule has 6 nitrogen and oxygen atoms in total. The lowest BCUT2D eigenvalue weighted by atomic mass is 10.1. The molecule has 0 aromatic heterocycles. The molecule has 0 radical (unpaired) electrons. The zero-order chi connectivity index (χ0) is 17.4. The molecule has 0 saturated carbocycles. The molecular formula is C18H23IN4O2. The van der Waals surface area contributed by atoms with Gasteiger partial charge in [-0.15, -0.1) is 24.0 Å². The van der Waals surface area contributed by atoms with Crippen molar-refractivity contribution in [1.29, 1.82) is 0 Å². The number of nitrogens with one attached hydrogen (secondary N) is 2. The van der Waals surface area contributed by atoms with Gasteiger partial charge < -0.3 is 10.6 Å². The summed E-state index contributed by atoms with van der Waals surface area (Å²) in [6, 6.07) is 16.8. The van der Waals surface area contributed by atoms with E-state index in [4.69, 9.17) is 0 Å². The van der Waals surface area contributed by atoms with Gasteiger partial charge in [-0.25, -0.2) is 4.99 Å². The van der Waals surface area contributed by atoms with Crippen LogP contribution in [-0.4, -0.2) is 17.4 Å². The van der Waals surface area contributed by atoms with Crippen molar-refractivity contribution in [3.05, 3.63) is 75.8 Å². The first-order valence-electron chi connectivity index (χ1n) is 7.94. The minimum atomic E-state index is -0.377. The number of hydrogen-bond acceptors (Lipinski definition) is 3. The predicted molar refractivity (Wildman–Crippen MR) is 111 cm³/mol. The highest BCUT2D eigenvalue weighted by Crippen LogP contribution is 2.18. The van der Waals surface area contributed by atoms with Crippen LogP contribution in [0.4, 0.5) is 5.69 Å². The van der Waals surface area contributed by atoms with E-state index in [1.807, 2.05) is 44.2 Å². The van der Waals surface area contributed by atoms with Crippen molar-refractivity contribution < 1.29 is 4.92 Å². The summed E-state index contributed by atoms with van der Waals surface area (Å²) in [7, 11) is 0. The van der Waals surface area contributed by atoms with Gasteiger partial charge >= 0.3 is 0 Å². The van der Waals surface area contributed by atoms with Crippen LogP contribution in [0.3, 0.4) is 0 Å². The Bertz CT molecular complexity index is 707. The van der Waals surface area contributed by atoms with E-state index in [9.17, 15) is 10.1 Å². The van der Waals surface area contributed by atoms with Crippen LogP contribution in [0.25, 0.3) is 0 Å². The van der Waals surface area contributed by atoms with E-state index in [-0.39, 0.29) is 47.2 Å². The van der Waals surface area contributed by atoms with E-state index in [1.165, 1.54) is 6.07 Å². The number of halogens is 1. The van der Waals surface area contributed by atoms with Crippen molar-refractivity contribution in [2.45, 2.75) is 26.4 Å². The summed E-state index contributed by atoms with van der Waals surface area (Å²) in [5, 5.41) is 17.6. The summed E-state index contributed by atoms with van der Waals surface area (Å²) in [4.78, 5) is 15.2. The SMILES string of the molecule is CCNC(=NCc1ccccc1[N+](=O)[O-])NC(C)c1ccccc1.I. The Labute approximate surface area is 164 Å². The summed E-state index contributed by atoms with van der Waals surface area (Å²) < 4.78 is 0. The fraction of sp³-hybridized carbons (Fsp3) is 0.278. The molecule has 2 rings (SSSR count). The Morgan fingerprint density at radius 1 is 1.16 bits per heavy atom. The molecule has 0 saturated heterocycles. The Morgan fingerprint density at radius 3 is 2.44 bits per heavy atom. The molecule has 0 aliphatic heterocycles.